The van der Waals surface area contributed by atoms with Crippen LogP contribution in [0.25, 0.3) is 0 Å². The molecular weight excluding hydrogens is 407 g/mol. The summed E-state index contributed by atoms with van der Waals surface area (Å²) < 4.78 is 10.7. The van der Waals surface area contributed by atoms with E-state index in [1.807, 2.05) is 0 Å². The van der Waals surface area contributed by atoms with Crippen molar-refractivity contribution < 1.29 is 19.1 Å². The molecule has 0 N–H and O–H groups in total. The van der Waals surface area contributed by atoms with Crippen molar-refractivity contribution in [1.82, 2.24) is 0 Å². The number of rotatable bonds is 7. The van der Waals surface area contributed by atoms with E-state index < -0.39 is 11.9 Å². The Balaban J connectivity index is 1.77. The Labute approximate surface area is 175 Å². The number of esters is 2. The second-order valence-corrected chi connectivity index (χ2v) is 9.24. The zero-order valence-corrected chi connectivity index (χ0v) is 18.2. The summed E-state index contributed by atoms with van der Waals surface area (Å²) in [5.41, 5.74) is 0. The monoisotopic (exact) mass is 432 g/mol. The lowest BCUT2D eigenvalue weighted by molar-refractivity contribution is -0.166. The molecule has 0 aliphatic heterocycles. The van der Waals surface area contributed by atoms with E-state index in [2.05, 4.69) is 20.8 Å². The smallest absolute Gasteiger partial charge is 0.344 e. The first kappa shape index (κ1) is 22.4. The van der Waals surface area contributed by atoms with Gasteiger partial charge in [0.2, 0.25) is 0 Å². The summed E-state index contributed by atoms with van der Waals surface area (Å²) in [5, 5.41) is 1.06. The fraction of sp³-hybridized carbons (Fsp3) is 0.600. The molecule has 1 aromatic carbocycles. The van der Waals surface area contributed by atoms with Gasteiger partial charge in [-0.3, -0.25) is 4.79 Å². The standard InChI is InChI=1S/C20H26Cl2O4S/c1-12(2)15-6-4-13(3)8-17(15)26-19(23)10-25-20(24)11-27-18-9-14(21)5-7-16(18)22/h5,7,9,12-13,15,17H,4,6,8,10-11H2,1-3H3/t13-,15-,17-/m1/s1. The molecule has 1 aliphatic carbocycles. The first-order valence-corrected chi connectivity index (χ1v) is 10.9. The topological polar surface area (TPSA) is 52.6 Å². The van der Waals surface area contributed by atoms with Gasteiger partial charge in [-0.1, -0.05) is 50.4 Å². The molecule has 0 amide bonds. The molecule has 0 heterocycles. The SMILES string of the molecule is CC(C)[C@H]1CC[C@@H](C)C[C@H]1OC(=O)COC(=O)CSc1cc(Cl)ccc1Cl. The Morgan fingerprint density at radius 3 is 2.67 bits per heavy atom. The van der Waals surface area contributed by atoms with Crippen LogP contribution in [-0.4, -0.2) is 30.4 Å². The minimum Gasteiger partial charge on any atom is -0.460 e. The highest BCUT2D eigenvalue weighted by Gasteiger charge is 2.33. The number of benzene rings is 1. The van der Waals surface area contributed by atoms with Gasteiger partial charge in [-0.2, -0.15) is 0 Å². The average molecular weight is 433 g/mol. The van der Waals surface area contributed by atoms with Crippen molar-refractivity contribution in [3.63, 3.8) is 0 Å². The number of halogens is 2. The zero-order valence-electron chi connectivity index (χ0n) is 15.9. The van der Waals surface area contributed by atoms with Crippen molar-refractivity contribution in [2.24, 2.45) is 17.8 Å². The number of carbonyl (C=O) groups excluding carboxylic acids is 2. The summed E-state index contributed by atoms with van der Waals surface area (Å²) in [6.45, 7) is 6.12. The number of carbonyl (C=O) groups is 2. The van der Waals surface area contributed by atoms with Gasteiger partial charge in [0.05, 0.1) is 10.8 Å². The second-order valence-electron chi connectivity index (χ2n) is 7.38. The van der Waals surface area contributed by atoms with E-state index >= 15 is 0 Å². The maximum atomic E-state index is 12.1. The fourth-order valence-corrected chi connectivity index (χ4v) is 4.65. The molecule has 4 nitrogen and oxygen atoms in total. The predicted octanol–water partition coefficient (Wildman–Crippen LogP) is 5.63. The van der Waals surface area contributed by atoms with Crippen molar-refractivity contribution in [2.75, 3.05) is 12.4 Å². The fourth-order valence-electron chi connectivity index (χ4n) is 3.36. The van der Waals surface area contributed by atoms with E-state index in [4.69, 9.17) is 32.7 Å². The lowest BCUT2D eigenvalue weighted by Gasteiger charge is -2.36. The van der Waals surface area contributed by atoms with Crippen LogP contribution in [0.3, 0.4) is 0 Å². The molecule has 1 saturated carbocycles. The predicted molar refractivity (Wildman–Crippen MR) is 109 cm³/mol. The average Bonchev–Trinajstić information content (AvgIpc) is 2.60. The molecular formula is C20H26Cl2O4S. The van der Waals surface area contributed by atoms with Crippen LogP contribution in [0, 0.1) is 17.8 Å². The van der Waals surface area contributed by atoms with Gasteiger partial charge in [0.1, 0.15) is 6.10 Å². The third-order valence-corrected chi connectivity index (χ3v) is 6.54. The van der Waals surface area contributed by atoms with Crippen molar-refractivity contribution in [1.29, 1.82) is 0 Å². The van der Waals surface area contributed by atoms with Crippen molar-refractivity contribution in [2.45, 2.75) is 51.0 Å². The van der Waals surface area contributed by atoms with Crippen LogP contribution in [-0.2, 0) is 19.1 Å². The molecule has 0 radical (unpaired) electrons. The summed E-state index contributed by atoms with van der Waals surface area (Å²) in [6, 6.07) is 5.04. The Morgan fingerprint density at radius 2 is 1.96 bits per heavy atom. The van der Waals surface area contributed by atoms with E-state index in [1.54, 1.807) is 18.2 Å². The molecule has 0 unspecified atom stereocenters. The Morgan fingerprint density at radius 1 is 1.22 bits per heavy atom. The molecule has 0 saturated heterocycles. The first-order chi connectivity index (χ1) is 12.8. The Kier molecular flexibility index (Phi) is 8.77. The summed E-state index contributed by atoms with van der Waals surface area (Å²) in [4.78, 5) is 24.7. The Bertz CT molecular complexity index is 665. The number of hydrogen-bond acceptors (Lipinski definition) is 5. The van der Waals surface area contributed by atoms with Gasteiger partial charge in [0.25, 0.3) is 0 Å². The van der Waals surface area contributed by atoms with Crippen molar-refractivity contribution >= 4 is 46.9 Å². The highest BCUT2D eigenvalue weighted by atomic mass is 35.5. The lowest BCUT2D eigenvalue weighted by atomic mass is 9.75. The molecule has 0 bridgehead atoms. The first-order valence-electron chi connectivity index (χ1n) is 9.19. The third kappa shape index (κ3) is 7.20. The normalized spacial score (nSPS) is 22.5. The van der Waals surface area contributed by atoms with Gasteiger partial charge in [-0.25, -0.2) is 4.79 Å². The molecule has 3 atom stereocenters. The highest BCUT2D eigenvalue weighted by Crippen LogP contribution is 2.35. The van der Waals surface area contributed by atoms with E-state index in [0.29, 0.717) is 32.7 Å². The minimum atomic E-state index is -0.495. The van der Waals surface area contributed by atoms with Crippen LogP contribution in [0.4, 0.5) is 0 Å². The van der Waals surface area contributed by atoms with Crippen molar-refractivity contribution in [3.8, 4) is 0 Å². The molecule has 0 aromatic heterocycles. The maximum Gasteiger partial charge on any atom is 0.344 e. The summed E-state index contributed by atoms with van der Waals surface area (Å²) in [6.07, 6.45) is 2.99. The van der Waals surface area contributed by atoms with Crippen LogP contribution < -0.4 is 0 Å². The highest BCUT2D eigenvalue weighted by molar-refractivity contribution is 8.00. The molecule has 7 heteroatoms. The summed E-state index contributed by atoms with van der Waals surface area (Å²) >= 11 is 13.2. The Hall–Kier alpha value is -0.910. The number of thioether (sulfide) groups is 1. The summed E-state index contributed by atoms with van der Waals surface area (Å²) in [5.74, 6) is 0.421. The van der Waals surface area contributed by atoms with Crippen LogP contribution in [0.1, 0.15) is 40.0 Å². The van der Waals surface area contributed by atoms with E-state index in [0.717, 1.165) is 19.3 Å². The largest absolute Gasteiger partial charge is 0.460 e. The van der Waals surface area contributed by atoms with Crippen LogP contribution >= 0.6 is 35.0 Å². The van der Waals surface area contributed by atoms with Gasteiger partial charge in [-0.05, 0) is 48.8 Å². The van der Waals surface area contributed by atoms with Gasteiger partial charge < -0.3 is 9.47 Å². The van der Waals surface area contributed by atoms with Crippen LogP contribution in [0.5, 0.6) is 0 Å². The van der Waals surface area contributed by atoms with Gasteiger partial charge in [-0.15, -0.1) is 11.8 Å². The van der Waals surface area contributed by atoms with E-state index in [9.17, 15) is 9.59 Å². The lowest BCUT2D eigenvalue weighted by Crippen LogP contribution is -2.36. The number of hydrogen-bond donors (Lipinski definition) is 0. The molecule has 1 aromatic rings. The van der Waals surface area contributed by atoms with Crippen LogP contribution in [0.15, 0.2) is 23.1 Å². The van der Waals surface area contributed by atoms with E-state index in [1.165, 1.54) is 11.8 Å². The third-order valence-electron chi connectivity index (χ3n) is 4.83. The minimum absolute atomic E-state index is 0.0441. The van der Waals surface area contributed by atoms with E-state index in [-0.39, 0.29) is 18.5 Å². The van der Waals surface area contributed by atoms with Gasteiger partial charge >= 0.3 is 11.9 Å². The molecule has 0 spiro atoms. The van der Waals surface area contributed by atoms with Gasteiger partial charge in [0, 0.05) is 9.92 Å². The maximum absolute atomic E-state index is 12.1. The van der Waals surface area contributed by atoms with Crippen LogP contribution in [0.2, 0.25) is 10.0 Å². The molecule has 1 fully saturated rings. The van der Waals surface area contributed by atoms with Gasteiger partial charge in [0.15, 0.2) is 6.61 Å². The second kappa shape index (κ2) is 10.6. The molecule has 150 valence electrons. The molecule has 1 aliphatic rings. The molecule has 27 heavy (non-hydrogen) atoms. The zero-order chi connectivity index (χ0) is 20.0. The quantitative estimate of drug-likeness (QED) is 0.412. The summed E-state index contributed by atoms with van der Waals surface area (Å²) in [7, 11) is 0. The molecule has 2 rings (SSSR count). The number of ether oxygens (including phenoxy) is 2. The van der Waals surface area contributed by atoms with Crippen molar-refractivity contribution in [3.05, 3.63) is 28.2 Å².